The van der Waals surface area contributed by atoms with E-state index in [-0.39, 0.29) is 11.1 Å². The molecule has 2 rings (SSSR count). The fourth-order valence-corrected chi connectivity index (χ4v) is 1.82. The molecule has 1 aromatic carbocycles. The summed E-state index contributed by atoms with van der Waals surface area (Å²) in [7, 11) is 2.93. The minimum absolute atomic E-state index is 0.170. The highest BCUT2D eigenvalue weighted by Crippen LogP contribution is 2.15. The molecule has 0 aliphatic rings. The van der Waals surface area contributed by atoms with E-state index in [0.717, 1.165) is 0 Å². The molecule has 0 fully saturated rings. The number of hydrogen-bond acceptors (Lipinski definition) is 5. The molecule has 0 saturated carbocycles. The fourth-order valence-electron chi connectivity index (χ4n) is 1.82. The van der Waals surface area contributed by atoms with E-state index in [2.05, 4.69) is 5.32 Å². The molecule has 19 heavy (non-hydrogen) atoms. The number of ketones is 1. The number of fused-ring (bicyclic) bond motifs is 1. The van der Waals surface area contributed by atoms with Gasteiger partial charge < -0.3 is 14.8 Å². The second-order valence-corrected chi connectivity index (χ2v) is 4.03. The zero-order chi connectivity index (χ0) is 14.2. The average molecular weight is 264 g/mol. The zero-order valence-electron chi connectivity index (χ0n) is 10.3. The van der Waals surface area contributed by atoms with Crippen molar-refractivity contribution in [2.24, 2.45) is 7.05 Å². The first-order valence-corrected chi connectivity index (χ1v) is 5.49. The Hall–Kier alpha value is -2.41. The van der Waals surface area contributed by atoms with Crippen LogP contribution < -0.4 is 11.1 Å². The number of hydrogen-bond donors (Lipinski definition) is 2. The van der Waals surface area contributed by atoms with Gasteiger partial charge in [0, 0.05) is 12.6 Å². The SMILES string of the molecule is CNC(C(=O)O)C(=O)c1ccc2c(c1)oc(=O)n2C. The van der Waals surface area contributed by atoms with Crippen molar-refractivity contribution < 1.29 is 19.1 Å². The van der Waals surface area contributed by atoms with Crippen molar-refractivity contribution >= 4 is 22.9 Å². The van der Waals surface area contributed by atoms with Crippen LogP contribution >= 0.6 is 0 Å². The lowest BCUT2D eigenvalue weighted by atomic mass is 10.0. The van der Waals surface area contributed by atoms with Crippen molar-refractivity contribution in [2.75, 3.05) is 7.05 Å². The van der Waals surface area contributed by atoms with Gasteiger partial charge in [0.2, 0.25) is 0 Å². The van der Waals surface area contributed by atoms with E-state index < -0.39 is 23.6 Å². The summed E-state index contributed by atoms with van der Waals surface area (Å²) in [5.74, 6) is -2.39. The molecule has 0 amide bonds. The molecule has 1 aromatic heterocycles. The van der Waals surface area contributed by atoms with Crippen molar-refractivity contribution in [1.29, 1.82) is 0 Å². The van der Waals surface area contributed by atoms with Gasteiger partial charge in [0.05, 0.1) is 5.52 Å². The first-order chi connectivity index (χ1) is 8.95. The normalized spacial score (nSPS) is 12.5. The predicted octanol–water partition coefficient (Wildman–Crippen LogP) is -0.0132. The van der Waals surface area contributed by atoms with Gasteiger partial charge >= 0.3 is 11.7 Å². The van der Waals surface area contributed by atoms with Gasteiger partial charge in [0.25, 0.3) is 0 Å². The lowest BCUT2D eigenvalue weighted by molar-refractivity contribution is -0.137. The van der Waals surface area contributed by atoms with Crippen LogP contribution in [0.25, 0.3) is 11.1 Å². The molecule has 1 unspecified atom stereocenters. The van der Waals surface area contributed by atoms with Crippen LogP contribution in [0.1, 0.15) is 10.4 Å². The number of oxazole rings is 1. The van der Waals surface area contributed by atoms with E-state index in [1.807, 2.05) is 0 Å². The van der Waals surface area contributed by atoms with Crippen molar-refractivity contribution in [1.82, 2.24) is 9.88 Å². The van der Waals surface area contributed by atoms with Gasteiger partial charge in [-0.1, -0.05) is 0 Å². The van der Waals surface area contributed by atoms with E-state index in [4.69, 9.17) is 9.52 Å². The molecule has 7 nitrogen and oxygen atoms in total. The largest absolute Gasteiger partial charge is 0.480 e. The summed E-state index contributed by atoms with van der Waals surface area (Å²) >= 11 is 0. The summed E-state index contributed by atoms with van der Waals surface area (Å²) in [4.78, 5) is 34.2. The van der Waals surface area contributed by atoms with Crippen molar-refractivity contribution in [3.8, 4) is 0 Å². The monoisotopic (exact) mass is 264 g/mol. The molecule has 1 heterocycles. The van der Waals surface area contributed by atoms with Crippen molar-refractivity contribution in [3.05, 3.63) is 34.3 Å². The number of carboxylic acids is 1. The standard InChI is InChI=1S/C12H12N2O5/c1-13-9(11(16)17)10(15)6-3-4-7-8(5-6)19-12(18)14(7)2/h3-5,9,13H,1-2H3,(H,16,17). The number of likely N-dealkylation sites (N-methyl/N-ethyl adjacent to an activating group) is 1. The third kappa shape index (κ3) is 2.15. The zero-order valence-corrected chi connectivity index (χ0v) is 10.3. The van der Waals surface area contributed by atoms with Crippen LogP contribution in [0.2, 0.25) is 0 Å². The lowest BCUT2D eigenvalue weighted by Gasteiger charge is -2.09. The minimum Gasteiger partial charge on any atom is -0.480 e. The molecule has 0 saturated heterocycles. The Labute approximate surface area is 107 Å². The number of aryl methyl sites for hydroxylation is 1. The van der Waals surface area contributed by atoms with Crippen molar-refractivity contribution in [3.63, 3.8) is 0 Å². The van der Waals surface area contributed by atoms with Crippen LogP contribution in [-0.2, 0) is 11.8 Å². The highest BCUT2D eigenvalue weighted by atomic mass is 16.4. The first-order valence-electron chi connectivity index (χ1n) is 5.49. The molecule has 2 aromatic rings. The molecular weight excluding hydrogens is 252 g/mol. The lowest BCUT2D eigenvalue weighted by Crippen LogP contribution is -2.41. The number of Topliss-reactive ketones (excluding diaryl/α,β-unsaturated/α-hetero) is 1. The second-order valence-electron chi connectivity index (χ2n) is 4.03. The van der Waals surface area contributed by atoms with Gasteiger partial charge in [0.1, 0.15) is 0 Å². The number of carbonyl (C=O) groups excluding carboxylic acids is 1. The van der Waals surface area contributed by atoms with Gasteiger partial charge in [0.15, 0.2) is 17.4 Å². The second kappa shape index (κ2) is 4.69. The molecule has 0 aliphatic carbocycles. The van der Waals surface area contributed by atoms with Crippen LogP contribution in [0.5, 0.6) is 0 Å². The summed E-state index contributed by atoms with van der Waals surface area (Å²) in [6.07, 6.45) is 0. The first kappa shape index (κ1) is 13.0. The molecule has 1 atom stereocenters. The third-order valence-corrected chi connectivity index (χ3v) is 2.87. The maximum atomic E-state index is 12.0. The van der Waals surface area contributed by atoms with Crippen LogP contribution in [0.4, 0.5) is 0 Å². The van der Waals surface area contributed by atoms with Crippen LogP contribution in [-0.4, -0.2) is 34.5 Å². The molecule has 0 aliphatic heterocycles. The summed E-state index contributed by atoms with van der Waals surface area (Å²) in [6.45, 7) is 0. The van der Waals surface area contributed by atoms with Crippen LogP contribution in [0, 0.1) is 0 Å². The highest BCUT2D eigenvalue weighted by molar-refractivity contribution is 6.12. The number of benzene rings is 1. The Kier molecular flexibility index (Phi) is 3.22. The topological polar surface area (TPSA) is 102 Å². The van der Waals surface area contributed by atoms with Gasteiger partial charge in [-0.25, -0.2) is 4.79 Å². The number of rotatable bonds is 4. The highest BCUT2D eigenvalue weighted by Gasteiger charge is 2.25. The number of carboxylic acid groups (broad SMARTS) is 1. The Morgan fingerprint density at radius 1 is 1.42 bits per heavy atom. The van der Waals surface area contributed by atoms with Gasteiger partial charge in [-0.3, -0.25) is 14.2 Å². The van der Waals surface area contributed by atoms with Crippen LogP contribution in [0.3, 0.4) is 0 Å². The van der Waals surface area contributed by atoms with Gasteiger partial charge in [-0.05, 0) is 25.2 Å². The maximum Gasteiger partial charge on any atom is 0.419 e. The number of carbonyl (C=O) groups is 2. The van der Waals surface area contributed by atoms with E-state index >= 15 is 0 Å². The summed E-state index contributed by atoms with van der Waals surface area (Å²) < 4.78 is 6.25. The molecule has 2 N–H and O–H groups in total. The van der Waals surface area contributed by atoms with E-state index in [1.165, 1.54) is 23.7 Å². The van der Waals surface area contributed by atoms with E-state index in [1.54, 1.807) is 13.1 Å². The Morgan fingerprint density at radius 3 is 2.68 bits per heavy atom. The van der Waals surface area contributed by atoms with Gasteiger partial charge in [-0.15, -0.1) is 0 Å². The predicted molar refractivity (Wildman–Crippen MR) is 66.3 cm³/mol. The molecule has 100 valence electrons. The van der Waals surface area contributed by atoms with Crippen LogP contribution in [0.15, 0.2) is 27.4 Å². The van der Waals surface area contributed by atoms with Crippen molar-refractivity contribution in [2.45, 2.75) is 6.04 Å². The maximum absolute atomic E-state index is 12.0. The fraction of sp³-hybridized carbons (Fsp3) is 0.250. The Morgan fingerprint density at radius 2 is 2.11 bits per heavy atom. The molecule has 0 bridgehead atoms. The summed E-state index contributed by atoms with van der Waals surface area (Å²) in [6, 6.07) is 3.05. The number of nitrogens with zero attached hydrogens (tertiary/aromatic N) is 1. The number of aromatic nitrogens is 1. The molecular formula is C12H12N2O5. The molecule has 0 radical (unpaired) electrons. The summed E-state index contributed by atoms with van der Waals surface area (Å²) in [5.41, 5.74) is 0.958. The quantitative estimate of drug-likeness (QED) is 0.594. The van der Waals surface area contributed by atoms with E-state index in [9.17, 15) is 14.4 Å². The minimum atomic E-state index is -1.33. The third-order valence-electron chi connectivity index (χ3n) is 2.87. The average Bonchev–Trinajstić information content (AvgIpc) is 2.65. The van der Waals surface area contributed by atoms with Gasteiger partial charge in [-0.2, -0.15) is 0 Å². The Bertz CT molecular complexity index is 712. The number of aliphatic carboxylic acids is 1. The molecule has 7 heteroatoms. The smallest absolute Gasteiger partial charge is 0.419 e. The number of nitrogens with one attached hydrogen (secondary N) is 1. The summed E-state index contributed by atoms with van der Waals surface area (Å²) in [5, 5.41) is 11.3. The molecule has 0 spiro atoms. The Balaban J connectivity index is 2.49. The van der Waals surface area contributed by atoms with E-state index in [0.29, 0.717) is 5.52 Å².